The fraction of sp³-hybridized carbons (Fsp3) is 0.207. The van der Waals surface area contributed by atoms with E-state index in [1.807, 2.05) is 43.5 Å². The molecule has 2 heterocycles. The number of carbonyl (C=O) groups is 1. The van der Waals surface area contributed by atoms with Crippen LogP contribution in [0.25, 0.3) is 27.6 Å². The molecule has 0 saturated carbocycles. The van der Waals surface area contributed by atoms with Crippen LogP contribution in [0.2, 0.25) is 0 Å². The first kappa shape index (κ1) is 23.2. The number of nitrogens with one attached hydrogen (secondary N) is 1. The quantitative estimate of drug-likeness (QED) is 0.341. The number of aromatic amines is 1. The highest BCUT2D eigenvalue weighted by molar-refractivity contribution is 5.88. The van der Waals surface area contributed by atoms with E-state index >= 15 is 0 Å². The summed E-state index contributed by atoms with van der Waals surface area (Å²) in [7, 11) is 0. The molecule has 5 rings (SSSR count). The Labute approximate surface area is 207 Å². The third kappa shape index (κ3) is 3.87. The Hall–Kier alpha value is -4.57. The molecule has 2 N–H and O–H groups in total. The molecule has 0 fully saturated rings. The summed E-state index contributed by atoms with van der Waals surface area (Å²) in [5.41, 5.74) is 7.42. The molecule has 5 aromatic rings. The number of hydrogen-bond acceptors (Lipinski definition) is 3. The van der Waals surface area contributed by atoms with Crippen molar-refractivity contribution in [2.24, 2.45) is 0 Å². The average Bonchev–Trinajstić information content (AvgIpc) is 3.40. The van der Waals surface area contributed by atoms with Gasteiger partial charge in [0.25, 0.3) is 0 Å². The van der Waals surface area contributed by atoms with Crippen LogP contribution in [-0.2, 0) is 11.2 Å². The first-order chi connectivity index (χ1) is 17.3. The molecule has 0 spiro atoms. The average molecular weight is 479 g/mol. The normalized spacial score (nSPS) is 12.2. The lowest BCUT2D eigenvalue weighted by Crippen LogP contribution is -2.26. The molecule has 0 aliphatic carbocycles. The van der Waals surface area contributed by atoms with Crippen molar-refractivity contribution in [1.82, 2.24) is 14.1 Å². The molecule has 36 heavy (non-hydrogen) atoms. The third-order valence-corrected chi connectivity index (χ3v) is 6.79. The molecule has 0 radical (unpaired) electrons. The van der Waals surface area contributed by atoms with Crippen LogP contribution < -0.4 is 5.69 Å². The van der Waals surface area contributed by atoms with Crippen molar-refractivity contribution in [1.29, 1.82) is 5.26 Å². The Balaban J connectivity index is 1.73. The van der Waals surface area contributed by atoms with Gasteiger partial charge in [0.15, 0.2) is 0 Å². The van der Waals surface area contributed by atoms with Crippen LogP contribution >= 0.6 is 0 Å². The molecule has 7 nitrogen and oxygen atoms in total. The second-order valence-corrected chi connectivity index (χ2v) is 9.29. The van der Waals surface area contributed by atoms with E-state index in [1.165, 1.54) is 5.56 Å². The fourth-order valence-corrected chi connectivity index (χ4v) is 5.18. The number of aromatic nitrogens is 3. The van der Waals surface area contributed by atoms with Crippen molar-refractivity contribution in [3.8, 4) is 11.8 Å². The van der Waals surface area contributed by atoms with Gasteiger partial charge >= 0.3 is 11.7 Å². The summed E-state index contributed by atoms with van der Waals surface area (Å²) in [4.78, 5) is 28.4. The number of H-pyrrole nitrogens is 1. The van der Waals surface area contributed by atoms with Gasteiger partial charge in [-0.15, -0.1) is 0 Å². The molecule has 0 amide bonds. The molecule has 3 aromatic carbocycles. The van der Waals surface area contributed by atoms with Gasteiger partial charge in [0, 0.05) is 29.1 Å². The van der Waals surface area contributed by atoms with Gasteiger partial charge in [0.05, 0.1) is 34.4 Å². The summed E-state index contributed by atoms with van der Waals surface area (Å²) in [6.07, 6.45) is 2.34. The van der Waals surface area contributed by atoms with Crippen LogP contribution in [0.1, 0.15) is 47.2 Å². The highest BCUT2D eigenvalue weighted by Crippen LogP contribution is 2.32. The van der Waals surface area contributed by atoms with E-state index < -0.39 is 5.97 Å². The Morgan fingerprint density at radius 1 is 1.11 bits per heavy atom. The monoisotopic (exact) mass is 478 g/mol. The lowest BCUT2D eigenvalue weighted by molar-refractivity contribution is -0.136. The highest BCUT2D eigenvalue weighted by Gasteiger charge is 2.23. The summed E-state index contributed by atoms with van der Waals surface area (Å²) in [6, 6.07) is 18.8. The first-order valence-electron chi connectivity index (χ1n) is 11.8. The summed E-state index contributed by atoms with van der Waals surface area (Å²) in [6.45, 7) is 6.15. The Morgan fingerprint density at radius 3 is 2.67 bits per heavy atom. The maximum atomic E-state index is 14.0. The van der Waals surface area contributed by atoms with Gasteiger partial charge in [-0.1, -0.05) is 18.2 Å². The predicted octanol–water partition coefficient (Wildman–Crippen LogP) is 5.39. The van der Waals surface area contributed by atoms with Crippen molar-refractivity contribution in [2.75, 3.05) is 0 Å². The number of benzene rings is 3. The smallest absolute Gasteiger partial charge is 0.334 e. The van der Waals surface area contributed by atoms with Crippen molar-refractivity contribution in [3.63, 3.8) is 0 Å². The molecule has 0 unspecified atom stereocenters. The molecule has 0 aliphatic rings. The van der Waals surface area contributed by atoms with Gasteiger partial charge in [-0.25, -0.2) is 4.79 Å². The van der Waals surface area contributed by atoms with Gasteiger partial charge in [0.1, 0.15) is 0 Å². The van der Waals surface area contributed by atoms with Crippen LogP contribution in [0.5, 0.6) is 0 Å². The molecular formula is C29H26N4O3. The fourth-order valence-electron chi connectivity index (χ4n) is 5.18. The zero-order chi connectivity index (χ0) is 25.6. The zero-order valence-electron chi connectivity index (χ0n) is 20.4. The minimum absolute atomic E-state index is 0.00904. The Kier molecular flexibility index (Phi) is 5.73. The van der Waals surface area contributed by atoms with Gasteiger partial charge in [-0.05, 0) is 80.3 Å². The van der Waals surface area contributed by atoms with Gasteiger partial charge < -0.3 is 10.1 Å². The molecule has 7 heteroatoms. The molecular weight excluding hydrogens is 452 g/mol. The summed E-state index contributed by atoms with van der Waals surface area (Å²) in [5.74, 6) is -0.870. The van der Waals surface area contributed by atoms with Crippen LogP contribution in [-0.4, -0.2) is 25.2 Å². The molecule has 0 aliphatic heterocycles. The van der Waals surface area contributed by atoms with Gasteiger partial charge in [-0.3, -0.25) is 13.9 Å². The number of carboxylic acids is 1. The summed E-state index contributed by atoms with van der Waals surface area (Å²) < 4.78 is 3.38. The van der Waals surface area contributed by atoms with Crippen LogP contribution in [0.15, 0.2) is 65.6 Å². The topological polar surface area (TPSA) is 104 Å². The van der Waals surface area contributed by atoms with Crippen molar-refractivity contribution < 1.29 is 9.90 Å². The minimum Gasteiger partial charge on any atom is -0.481 e. The summed E-state index contributed by atoms with van der Waals surface area (Å²) >= 11 is 0. The predicted molar refractivity (Wildman–Crippen MR) is 140 cm³/mol. The number of aryl methyl sites for hydroxylation is 3. The lowest BCUT2D eigenvalue weighted by Gasteiger charge is -2.14. The van der Waals surface area contributed by atoms with Gasteiger partial charge in [0.2, 0.25) is 0 Å². The second kappa shape index (κ2) is 8.90. The molecule has 1 atom stereocenters. The number of nitrogens with zero attached hydrogens (tertiary/aromatic N) is 3. The van der Waals surface area contributed by atoms with E-state index in [0.717, 1.165) is 33.1 Å². The van der Waals surface area contributed by atoms with E-state index in [1.54, 1.807) is 21.3 Å². The highest BCUT2D eigenvalue weighted by atomic mass is 16.4. The standard InChI is InChI=1S/C29H26N4O3/c1-17-11-18(2)28-23(16-31-24(28)12-17)19(3)32-25-9-7-21(15-30)14-26(25)33(29(32)36)22-6-4-5-20(13-22)8-10-27(34)35/h4-7,9,11-14,16,19,31H,8,10H2,1-3H3,(H,34,35)/t19-/m1/s1. The van der Waals surface area contributed by atoms with E-state index in [0.29, 0.717) is 23.2 Å². The van der Waals surface area contributed by atoms with Crippen molar-refractivity contribution >= 4 is 27.9 Å². The van der Waals surface area contributed by atoms with E-state index in [9.17, 15) is 14.9 Å². The van der Waals surface area contributed by atoms with Crippen LogP contribution in [0.4, 0.5) is 0 Å². The number of nitriles is 1. The zero-order valence-corrected chi connectivity index (χ0v) is 20.4. The Morgan fingerprint density at radius 2 is 1.92 bits per heavy atom. The van der Waals surface area contributed by atoms with Crippen molar-refractivity contribution in [2.45, 2.75) is 39.7 Å². The largest absolute Gasteiger partial charge is 0.481 e. The third-order valence-electron chi connectivity index (χ3n) is 6.79. The van der Waals surface area contributed by atoms with Crippen molar-refractivity contribution in [3.05, 3.63) is 99.1 Å². The minimum atomic E-state index is -0.870. The molecule has 180 valence electrons. The van der Waals surface area contributed by atoms with Crippen LogP contribution in [0, 0.1) is 25.2 Å². The number of imidazole rings is 1. The van der Waals surface area contributed by atoms with Crippen LogP contribution in [0.3, 0.4) is 0 Å². The summed E-state index contributed by atoms with van der Waals surface area (Å²) in [5, 5.41) is 19.7. The number of carboxylic acid groups (broad SMARTS) is 1. The number of hydrogen-bond donors (Lipinski definition) is 2. The number of aliphatic carboxylic acids is 1. The molecule has 2 aromatic heterocycles. The maximum absolute atomic E-state index is 14.0. The number of fused-ring (bicyclic) bond motifs is 2. The number of rotatable bonds is 6. The van der Waals surface area contributed by atoms with E-state index in [2.05, 4.69) is 37.0 Å². The SMILES string of the molecule is Cc1cc(C)c2c([C@@H](C)n3c(=O)n(-c4cccc(CCC(=O)O)c4)c4cc(C#N)ccc43)c[nH]c2c1. The maximum Gasteiger partial charge on any atom is 0.334 e. The van der Waals surface area contributed by atoms with Gasteiger partial charge in [-0.2, -0.15) is 5.26 Å². The lowest BCUT2D eigenvalue weighted by atomic mass is 10.0. The Bertz CT molecular complexity index is 1750. The van der Waals surface area contributed by atoms with E-state index in [4.69, 9.17) is 5.11 Å². The first-order valence-corrected chi connectivity index (χ1v) is 11.8. The van der Waals surface area contributed by atoms with E-state index in [-0.39, 0.29) is 18.2 Å². The molecule has 0 bridgehead atoms. The second-order valence-electron chi connectivity index (χ2n) is 9.29. The molecule has 0 saturated heterocycles.